The van der Waals surface area contributed by atoms with Crippen LogP contribution in [-0.2, 0) is 21.7 Å². The SMILES string of the molecule is Cc1c(Oc2ccc(Cl)cc2)c2ccc(OC(F)(F)F)cc2n1Cc1ccc(Cl)c([C@]2(C)OC(=O)NC2=O)c1. The van der Waals surface area contributed by atoms with Crippen molar-refractivity contribution in [3.8, 4) is 17.2 Å². The summed E-state index contributed by atoms with van der Waals surface area (Å²) in [6, 6.07) is 15.5. The van der Waals surface area contributed by atoms with Gasteiger partial charge in [0.25, 0.3) is 5.91 Å². The lowest BCUT2D eigenvalue weighted by atomic mass is 9.93. The molecule has 1 aliphatic heterocycles. The van der Waals surface area contributed by atoms with Crippen LogP contribution in [0.15, 0.2) is 60.7 Å². The van der Waals surface area contributed by atoms with E-state index in [-0.39, 0.29) is 17.1 Å². The number of cyclic esters (lactones) is 1. The van der Waals surface area contributed by atoms with Gasteiger partial charge in [-0.25, -0.2) is 4.79 Å². The van der Waals surface area contributed by atoms with Crippen molar-refractivity contribution < 1.29 is 37.0 Å². The first-order chi connectivity index (χ1) is 18.3. The topological polar surface area (TPSA) is 78.8 Å². The van der Waals surface area contributed by atoms with E-state index >= 15 is 0 Å². The Kier molecular flexibility index (Phi) is 6.64. The van der Waals surface area contributed by atoms with E-state index in [1.165, 1.54) is 25.1 Å². The van der Waals surface area contributed by atoms with Gasteiger partial charge in [-0.05, 0) is 67.9 Å². The number of benzene rings is 3. The summed E-state index contributed by atoms with van der Waals surface area (Å²) in [4.78, 5) is 24.2. The minimum Gasteiger partial charge on any atom is -0.455 e. The van der Waals surface area contributed by atoms with Crippen LogP contribution in [-0.4, -0.2) is 22.9 Å². The largest absolute Gasteiger partial charge is 0.573 e. The number of imide groups is 1. The van der Waals surface area contributed by atoms with Crippen LogP contribution in [0.5, 0.6) is 17.2 Å². The number of alkyl halides is 3. The number of alkyl carbamates (subject to hydrolysis) is 1. The molecule has 0 radical (unpaired) electrons. The second kappa shape index (κ2) is 9.69. The second-order valence-electron chi connectivity index (χ2n) is 8.97. The zero-order chi connectivity index (χ0) is 28.1. The summed E-state index contributed by atoms with van der Waals surface area (Å²) in [5.74, 6) is -0.156. The Morgan fingerprint density at radius 2 is 1.69 bits per heavy atom. The van der Waals surface area contributed by atoms with Crippen LogP contribution in [0.25, 0.3) is 10.9 Å². The summed E-state index contributed by atoms with van der Waals surface area (Å²) in [7, 11) is 0. The summed E-state index contributed by atoms with van der Waals surface area (Å²) in [6.07, 6.45) is -5.76. The van der Waals surface area contributed by atoms with Crippen molar-refractivity contribution in [2.45, 2.75) is 32.4 Å². The minimum absolute atomic E-state index is 0.150. The number of nitrogens with zero attached hydrogens (tertiary/aromatic N) is 1. The number of ether oxygens (including phenoxy) is 3. The molecule has 39 heavy (non-hydrogen) atoms. The highest BCUT2D eigenvalue weighted by Gasteiger charge is 2.47. The molecule has 202 valence electrons. The molecule has 1 fully saturated rings. The third-order valence-electron chi connectivity index (χ3n) is 6.34. The fraction of sp³-hybridized carbons (Fsp3) is 0.185. The number of hydrogen-bond acceptors (Lipinski definition) is 5. The molecular weight excluding hydrogens is 560 g/mol. The van der Waals surface area contributed by atoms with Gasteiger partial charge in [-0.3, -0.25) is 10.1 Å². The maximum atomic E-state index is 13.0. The number of hydrogen-bond donors (Lipinski definition) is 1. The van der Waals surface area contributed by atoms with Crippen LogP contribution < -0.4 is 14.8 Å². The van der Waals surface area contributed by atoms with Crippen molar-refractivity contribution in [2.24, 2.45) is 0 Å². The van der Waals surface area contributed by atoms with Gasteiger partial charge in [0.05, 0.1) is 11.2 Å². The molecule has 1 N–H and O–H groups in total. The van der Waals surface area contributed by atoms with Crippen molar-refractivity contribution in [3.63, 3.8) is 0 Å². The number of aromatic nitrogens is 1. The van der Waals surface area contributed by atoms with Gasteiger partial charge < -0.3 is 18.8 Å². The molecule has 2 amide bonds. The first-order valence-electron chi connectivity index (χ1n) is 11.5. The normalized spacial score (nSPS) is 17.3. The van der Waals surface area contributed by atoms with Gasteiger partial charge in [-0.2, -0.15) is 0 Å². The van der Waals surface area contributed by atoms with Crippen molar-refractivity contribution >= 4 is 46.1 Å². The van der Waals surface area contributed by atoms with Crippen LogP contribution in [0.2, 0.25) is 10.0 Å². The van der Waals surface area contributed by atoms with Gasteiger partial charge in [-0.1, -0.05) is 29.3 Å². The molecule has 12 heteroatoms. The molecule has 0 unspecified atom stereocenters. The van der Waals surface area contributed by atoms with E-state index in [1.807, 2.05) is 0 Å². The van der Waals surface area contributed by atoms with Crippen molar-refractivity contribution in [3.05, 3.63) is 87.5 Å². The Balaban J connectivity index is 1.60. The minimum atomic E-state index is -4.87. The average molecular weight is 579 g/mol. The Morgan fingerprint density at radius 3 is 2.33 bits per heavy atom. The van der Waals surface area contributed by atoms with Gasteiger partial charge in [-0.15, -0.1) is 13.2 Å². The van der Waals surface area contributed by atoms with Crippen molar-refractivity contribution in [2.75, 3.05) is 0 Å². The van der Waals surface area contributed by atoms with E-state index < -0.39 is 29.7 Å². The van der Waals surface area contributed by atoms with Crippen LogP contribution in [0, 0.1) is 6.92 Å². The van der Waals surface area contributed by atoms with E-state index in [4.69, 9.17) is 32.7 Å². The maximum absolute atomic E-state index is 13.0. The van der Waals surface area contributed by atoms with E-state index in [1.54, 1.807) is 54.0 Å². The first-order valence-corrected chi connectivity index (χ1v) is 12.2. The predicted molar refractivity (Wildman–Crippen MR) is 137 cm³/mol. The predicted octanol–water partition coefficient (Wildman–Crippen LogP) is 7.48. The number of carbonyl (C=O) groups excluding carboxylic acids is 2. The zero-order valence-corrected chi connectivity index (χ0v) is 21.9. The average Bonchev–Trinajstić information content (AvgIpc) is 3.27. The monoisotopic (exact) mass is 578 g/mol. The summed E-state index contributed by atoms with van der Waals surface area (Å²) in [5, 5.41) is 3.36. The lowest BCUT2D eigenvalue weighted by molar-refractivity contribution is -0.274. The Labute approximate surface area is 230 Å². The Morgan fingerprint density at radius 1 is 1.00 bits per heavy atom. The number of amides is 2. The highest BCUT2D eigenvalue weighted by atomic mass is 35.5. The quantitative estimate of drug-likeness (QED) is 0.256. The lowest BCUT2D eigenvalue weighted by Crippen LogP contribution is -2.33. The van der Waals surface area contributed by atoms with Crippen LogP contribution >= 0.6 is 23.2 Å². The van der Waals surface area contributed by atoms with Gasteiger partial charge in [0.1, 0.15) is 11.5 Å². The van der Waals surface area contributed by atoms with E-state index in [9.17, 15) is 22.8 Å². The van der Waals surface area contributed by atoms with E-state index in [0.717, 1.165) is 0 Å². The number of halogens is 5. The molecule has 1 aromatic heterocycles. The molecule has 4 aromatic rings. The molecule has 7 nitrogen and oxygen atoms in total. The van der Waals surface area contributed by atoms with Crippen LogP contribution in [0.3, 0.4) is 0 Å². The van der Waals surface area contributed by atoms with Gasteiger partial charge in [0, 0.05) is 33.6 Å². The molecule has 0 spiro atoms. The molecule has 0 bridgehead atoms. The maximum Gasteiger partial charge on any atom is 0.573 e. The summed E-state index contributed by atoms with van der Waals surface area (Å²) in [5.41, 5.74) is 0.265. The summed E-state index contributed by atoms with van der Waals surface area (Å²) in [6.45, 7) is 3.34. The lowest BCUT2D eigenvalue weighted by Gasteiger charge is -2.22. The Hall–Kier alpha value is -3.89. The summed E-state index contributed by atoms with van der Waals surface area (Å²) < 4.78 is 56.2. The first kappa shape index (κ1) is 26.7. The number of nitrogens with one attached hydrogen (secondary N) is 1. The third kappa shape index (κ3) is 5.22. The number of rotatable bonds is 6. The van der Waals surface area contributed by atoms with Crippen LogP contribution in [0.4, 0.5) is 18.0 Å². The van der Waals surface area contributed by atoms with Gasteiger partial charge in [0.15, 0.2) is 5.75 Å². The second-order valence-corrected chi connectivity index (χ2v) is 9.82. The molecule has 1 saturated heterocycles. The molecule has 3 aromatic carbocycles. The third-order valence-corrected chi connectivity index (χ3v) is 6.92. The Bertz CT molecular complexity index is 1620. The van der Waals surface area contributed by atoms with E-state index in [2.05, 4.69) is 10.1 Å². The number of fused-ring (bicyclic) bond motifs is 1. The molecule has 1 aliphatic rings. The smallest absolute Gasteiger partial charge is 0.455 e. The fourth-order valence-corrected chi connectivity index (χ4v) is 4.86. The molecule has 0 saturated carbocycles. The molecule has 5 rings (SSSR count). The fourth-order valence-electron chi connectivity index (χ4n) is 4.44. The van der Waals surface area contributed by atoms with Crippen molar-refractivity contribution in [1.82, 2.24) is 9.88 Å². The molecular formula is C27H19Cl2F3N2O5. The van der Waals surface area contributed by atoms with E-state index in [0.29, 0.717) is 38.7 Å². The zero-order valence-electron chi connectivity index (χ0n) is 20.4. The van der Waals surface area contributed by atoms with Gasteiger partial charge >= 0.3 is 12.5 Å². The standard InChI is InChI=1S/C27H19Cl2F3N2O5/c1-14-23(37-17-6-4-16(28)5-7-17)19-9-8-18(38-27(30,31)32)12-22(19)34(14)13-15-3-10-21(29)20(11-15)26(2)24(35)33-25(36)39-26/h3-12H,13H2,1-2H3,(H,33,35,36)/t26-/m0/s1. The molecule has 1 atom stereocenters. The highest BCUT2D eigenvalue weighted by Crippen LogP contribution is 2.40. The molecule has 2 heterocycles. The highest BCUT2D eigenvalue weighted by molar-refractivity contribution is 6.32. The summed E-state index contributed by atoms with van der Waals surface area (Å²) >= 11 is 12.3. The number of carbonyl (C=O) groups is 2. The van der Waals surface area contributed by atoms with Crippen molar-refractivity contribution in [1.29, 1.82) is 0 Å². The van der Waals surface area contributed by atoms with Crippen LogP contribution in [0.1, 0.15) is 23.7 Å². The van der Waals surface area contributed by atoms with Gasteiger partial charge in [0.2, 0.25) is 5.60 Å². The molecule has 0 aliphatic carbocycles.